The Kier molecular flexibility index (Phi) is 6.17. The van der Waals surface area contributed by atoms with Crippen molar-refractivity contribution in [3.05, 3.63) is 54.1 Å². The quantitative estimate of drug-likeness (QED) is 0.735. The number of carbonyl (C=O) groups is 1. The van der Waals surface area contributed by atoms with Crippen LogP contribution in [0.2, 0.25) is 0 Å². The van der Waals surface area contributed by atoms with Crippen LogP contribution in [0.1, 0.15) is 45.6 Å². The first-order valence-electron chi connectivity index (χ1n) is 9.91. The molecule has 0 unspecified atom stereocenters. The zero-order valence-corrected chi connectivity index (χ0v) is 18.1. The van der Waals surface area contributed by atoms with Gasteiger partial charge in [-0.1, -0.05) is 12.1 Å². The normalized spacial score (nSPS) is 15.3. The van der Waals surface area contributed by atoms with Crippen molar-refractivity contribution < 1.29 is 13.2 Å². The van der Waals surface area contributed by atoms with Gasteiger partial charge in [-0.05, 0) is 75.6 Å². The molecule has 0 aromatic heterocycles. The van der Waals surface area contributed by atoms with Crippen molar-refractivity contribution in [2.45, 2.75) is 51.3 Å². The van der Waals surface area contributed by atoms with Crippen molar-refractivity contribution in [1.82, 2.24) is 0 Å². The van der Waals surface area contributed by atoms with Gasteiger partial charge < -0.3 is 10.2 Å². The lowest BCUT2D eigenvalue weighted by molar-refractivity contribution is -0.119. The highest BCUT2D eigenvalue weighted by Crippen LogP contribution is 2.23. The molecule has 1 heterocycles. The van der Waals surface area contributed by atoms with Crippen LogP contribution in [-0.4, -0.2) is 25.6 Å². The Morgan fingerprint density at radius 2 is 1.55 bits per heavy atom. The van der Waals surface area contributed by atoms with Gasteiger partial charge in [0.05, 0.1) is 4.75 Å². The van der Waals surface area contributed by atoms with Gasteiger partial charge in [0.25, 0.3) is 0 Å². The van der Waals surface area contributed by atoms with E-state index in [1.165, 1.54) is 0 Å². The van der Waals surface area contributed by atoms with E-state index in [1.807, 2.05) is 41.3 Å². The van der Waals surface area contributed by atoms with Gasteiger partial charge in [0.15, 0.2) is 0 Å². The van der Waals surface area contributed by atoms with E-state index >= 15 is 0 Å². The molecule has 0 aliphatic carbocycles. The van der Waals surface area contributed by atoms with E-state index in [-0.39, 0.29) is 5.91 Å². The van der Waals surface area contributed by atoms with Gasteiger partial charge >= 0.3 is 0 Å². The fourth-order valence-electron chi connectivity index (χ4n) is 3.04. The average molecular weight is 416 g/mol. The molecular weight excluding hydrogens is 386 g/mol. The summed E-state index contributed by atoms with van der Waals surface area (Å²) in [6.07, 6.45) is 2.65. The monoisotopic (exact) mass is 415 g/mol. The molecule has 29 heavy (non-hydrogen) atoms. The standard InChI is InChI=1S/C22H29N3O3S/c1-22(2,3)29(27,28)24-19-9-7-17(8-10-19)16-23-18-11-13-20(14-12-18)25-15-5-4-6-21(25)26/h7-14,23-24H,4-6,15-16H2,1-3H3. The van der Waals surface area contributed by atoms with Crippen LogP contribution in [0, 0.1) is 0 Å². The number of hydrogen-bond donors (Lipinski definition) is 2. The van der Waals surface area contributed by atoms with Crippen molar-refractivity contribution in [2.24, 2.45) is 0 Å². The van der Waals surface area contributed by atoms with Crippen LogP contribution in [0.3, 0.4) is 0 Å². The Morgan fingerprint density at radius 1 is 0.931 bits per heavy atom. The molecule has 2 N–H and O–H groups in total. The first-order chi connectivity index (χ1) is 13.7. The van der Waals surface area contributed by atoms with Crippen LogP contribution in [0.15, 0.2) is 48.5 Å². The summed E-state index contributed by atoms with van der Waals surface area (Å²) in [5.41, 5.74) is 3.50. The van der Waals surface area contributed by atoms with E-state index in [0.29, 0.717) is 18.7 Å². The lowest BCUT2D eigenvalue weighted by Gasteiger charge is -2.26. The van der Waals surface area contributed by atoms with Gasteiger partial charge in [-0.2, -0.15) is 0 Å². The van der Waals surface area contributed by atoms with E-state index in [0.717, 1.165) is 36.3 Å². The average Bonchev–Trinajstić information content (AvgIpc) is 2.67. The van der Waals surface area contributed by atoms with Crippen molar-refractivity contribution in [3.63, 3.8) is 0 Å². The minimum atomic E-state index is -3.43. The van der Waals surface area contributed by atoms with Crippen molar-refractivity contribution in [3.8, 4) is 0 Å². The van der Waals surface area contributed by atoms with Gasteiger partial charge in [0.2, 0.25) is 15.9 Å². The van der Waals surface area contributed by atoms with E-state index in [4.69, 9.17) is 0 Å². The second kappa shape index (κ2) is 8.45. The molecule has 156 valence electrons. The number of sulfonamides is 1. The van der Waals surface area contributed by atoms with Gasteiger partial charge in [-0.25, -0.2) is 8.42 Å². The van der Waals surface area contributed by atoms with E-state index in [9.17, 15) is 13.2 Å². The predicted molar refractivity (Wildman–Crippen MR) is 119 cm³/mol. The highest BCUT2D eigenvalue weighted by Gasteiger charge is 2.28. The second-order valence-corrected chi connectivity index (χ2v) is 10.8. The van der Waals surface area contributed by atoms with Gasteiger partial charge in [0, 0.05) is 36.6 Å². The first-order valence-corrected chi connectivity index (χ1v) is 11.4. The Balaban J connectivity index is 1.57. The number of amides is 1. The molecular formula is C22H29N3O3S. The molecule has 1 fully saturated rings. The third kappa shape index (κ3) is 5.29. The summed E-state index contributed by atoms with van der Waals surface area (Å²) >= 11 is 0. The smallest absolute Gasteiger partial charge is 0.237 e. The van der Waals surface area contributed by atoms with Crippen LogP contribution in [-0.2, 0) is 21.4 Å². The maximum Gasteiger partial charge on any atom is 0.237 e. The lowest BCUT2D eigenvalue weighted by atomic mass is 10.1. The van der Waals surface area contributed by atoms with Gasteiger partial charge in [-0.15, -0.1) is 0 Å². The maximum absolute atomic E-state index is 12.2. The van der Waals surface area contributed by atoms with Gasteiger partial charge in [0.1, 0.15) is 0 Å². The van der Waals surface area contributed by atoms with Crippen LogP contribution < -0.4 is 14.9 Å². The predicted octanol–water partition coefficient (Wildman–Crippen LogP) is 4.36. The highest BCUT2D eigenvalue weighted by atomic mass is 32.2. The van der Waals surface area contributed by atoms with Crippen molar-refractivity contribution >= 4 is 33.0 Å². The number of piperidine rings is 1. The molecule has 6 nitrogen and oxygen atoms in total. The minimum Gasteiger partial charge on any atom is -0.381 e. The zero-order chi connectivity index (χ0) is 21.1. The summed E-state index contributed by atoms with van der Waals surface area (Å²) in [5.74, 6) is 0.194. The molecule has 2 aromatic carbocycles. The molecule has 0 atom stereocenters. The maximum atomic E-state index is 12.2. The molecule has 0 saturated carbocycles. The topological polar surface area (TPSA) is 78.5 Å². The van der Waals surface area contributed by atoms with Crippen LogP contribution in [0.5, 0.6) is 0 Å². The lowest BCUT2D eigenvalue weighted by Crippen LogP contribution is -2.35. The summed E-state index contributed by atoms with van der Waals surface area (Å²) in [4.78, 5) is 13.9. The Morgan fingerprint density at radius 3 is 2.14 bits per heavy atom. The number of benzene rings is 2. The molecule has 2 aromatic rings. The van der Waals surface area contributed by atoms with E-state index in [1.54, 1.807) is 32.9 Å². The number of anilines is 3. The molecule has 1 aliphatic heterocycles. The molecule has 1 saturated heterocycles. The summed E-state index contributed by atoms with van der Waals surface area (Å²) in [6.45, 7) is 6.41. The third-order valence-corrected chi connectivity index (χ3v) is 7.13. The summed E-state index contributed by atoms with van der Waals surface area (Å²) in [6, 6.07) is 15.2. The largest absolute Gasteiger partial charge is 0.381 e. The van der Waals surface area contributed by atoms with E-state index < -0.39 is 14.8 Å². The Bertz CT molecular complexity index is 946. The summed E-state index contributed by atoms with van der Waals surface area (Å²) < 4.78 is 26.2. The number of hydrogen-bond acceptors (Lipinski definition) is 4. The summed E-state index contributed by atoms with van der Waals surface area (Å²) in [5, 5.41) is 3.35. The number of nitrogens with one attached hydrogen (secondary N) is 2. The van der Waals surface area contributed by atoms with Crippen LogP contribution in [0.25, 0.3) is 0 Å². The number of rotatable bonds is 6. The van der Waals surface area contributed by atoms with Crippen molar-refractivity contribution in [1.29, 1.82) is 0 Å². The molecule has 0 spiro atoms. The van der Waals surface area contributed by atoms with Crippen LogP contribution >= 0.6 is 0 Å². The molecule has 0 radical (unpaired) electrons. The molecule has 1 aliphatic rings. The van der Waals surface area contributed by atoms with Crippen molar-refractivity contribution in [2.75, 3.05) is 21.5 Å². The minimum absolute atomic E-state index is 0.194. The van der Waals surface area contributed by atoms with Crippen LogP contribution in [0.4, 0.5) is 17.1 Å². The zero-order valence-electron chi connectivity index (χ0n) is 17.2. The summed E-state index contributed by atoms with van der Waals surface area (Å²) in [7, 11) is -3.43. The number of nitrogens with zero attached hydrogens (tertiary/aromatic N) is 1. The Hall–Kier alpha value is -2.54. The fraction of sp³-hybridized carbons (Fsp3) is 0.409. The second-order valence-electron chi connectivity index (χ2n) is 8.32. The molecule has 7 heteroatoms. The fourth-order valence-corrected chi connectivity index (χ4v) is 3.79. The van der Waals surface area contributed by atoms with E-state index in [2.05, 4.69) is 10.0 Å². The first kappa shape index (κ1) is 21.2. The SMILES string of the molecule is CC(C)(C)S(=O)(=O)Nc1ccc(CNc2ccc(N3CCCCC3=O)cc2)cc1. The molecule has 1 amide bonds. The number of carbonyl (C=O) groups excluding carboxylic acids is 1. The third-order valence-electron chi connectivity index (χ3n) is 5.01. The Labute approximate surface area is 173 Å². The molecule has 3 rings (SSSR count). The molecule has 0 bridgehead atoms. The highest BCUT2D eigenvalue weighted by molar-refractivity contribution is 7.94. The van der Waals surface area contributed by atoms with Gasteiger partial charge in [-0.3, -0.25) is 9.52 Å².